The molecule has 1 heterocycles. The molecule has 0 radical (unpaired) electrons. The number of hydrogen-bond acceptors (Lipinski definition) is 3. The van der Waals surface area contributed by atoms with E-state index in [-0.39, 0.29) is 17.6 Å². The number of hydrogen-bond donors (Lipinski definition) is 2. The van der Waals surface area contributed by atoms with Crippen LogP contribution in [0.25, 0.3) is 0 Å². The predicted molar refractivity (Wildman–Crippen MR) is 56.2 cm³/mol. The highest BCUT2D eigenvalue weighted by atomic mass is 19.1. The Balaban J connectivity index is 2.05. The normalized spacial score (nSPS) is 20.4. The summed E-state index contributed by atoms with van der Waals surface area (Å²) in [5, 5.41) is 5.12. The first-order chi connectivity index (χ1) is 7.65. The van der Waals surface area contributed by atoms with Gasteiger partial charge in [0.25, 0.3) is 0 Å². The largest absolute Gasteiger partial charge is 0.374 e. The number of anilines is 1. The second-order valence-corrected chi connectivity index (χ2v) is 3.66. The average molecular weight is 222 g/mol. The lowest BCUT2D eigenvalue weighted by Gasteiger charge is -2.22. The summed E-state index contributed by atoms with van der Waals surface area (Å²) in [5.41, 5.74) is 0.537. The molecule has 1 aliphatic heterocycles. The van der Waals surface area contributed by atoms with Gasteiger partial charge >= 0.3 is 0 Å². The zero-order chi connectivity index (χ0) is 11.5. The minimum absolute atomic E-state index is 0.262. The zero-order valence-electron chi connectivity index (χ0n) is 8.50. The van der Waals surface area contributed by atoms with Crippen LogP contribution in [0.5, 0.6) is 0 Å². The van der Waals surface area contributed by atoms with E-state index in [2.05, 4.69) is 10.6 Å². The Morgan fingerprint density at radius 1 is 1.38 bits per heavy atom. The molecule has 2 amide bonds. The highest BCUT2D eigenvalue weighted by Crippen LogP contribution is 2.14. The summed E-state index contributed by atoms with van der Waals surface area (Å²) < 4.78 is 12.9. The van der Waals surface area contributed by atoms with Gasteiger partial charge in [-0.2, -0.15) is 0 Å². The quantitative estimate of drug-likeness (QED) is 0.735. The van der Waals surface area contributed by atoms with E-state index in [0.29, 0.717) is 18.5 Å². The van der Waals surface area contributed by atoms with Crippen LogP contribution in [0.15, 0.2) is 24.3 Å². The Kier molecular flexibility index (Phi) is 2.85. The van der Waals surface area contributed by atoms with Crippen LogP contribution in [0.2, 0.25) is 0 Å². The van der Waals surface area contributed by atoms with Gasteiger partial charge in [-0.15, -0.1) is 0 Å². The molecular formula is C11H11FN2O2. The van der Waals surface area contributed by atoms with Crippen molar-refractivity contribution in [2.75, 3.05) is 5.32 Å². The second-order valence-electron chi connectivity index (χ2n) is 3.66. The van der Waals surface area contributed by atoms with E-state index in [1.54, 1.807) is 12.1 Å². The fraction of sp³-hybridized carbons (Fsp3) is 0.273. The van der Waals surface area contributed by atoms with Crippen molar-refractivity contribution < 1.29 is 14.0 Å². The molecule has 16 heavy (non-hydrogen) atoms. The van der Waals surface area contributed by atoms with Crippen molar-refractivity contribution in [3.8, 4) is 0 Å². The van der Waals surface area contributed by atoms with E-state index in [9.17, 15) is 14.0 Å². The van der Waals surface area contributed by atoms with Crippen LogP contribution < -0.4 is 10.6 Å². The lowest BCUT2D eigenvalue weighted by molar-refractivity contribution is -0.133. The van der Waals surface area contributed by atoms with Gasteiger partial charge < -0.3 is 5.32 Å². The number of nitrogens with one attached hydrogen (secondary N) is 2. The third-order valence-corrected chi connectivity index (χ3v) is 2.40. The molecule has 2 N–H and O–H groups in total. The van der Waals surface area contributed by atoms with E-state index >= 15 is 0 Å². The second kappa shape index (κ2) is 4.30. The van der Waals surface area contributed by atoms with Gasteiger partial charge in [-0.1, -0.05) is 6.07 Å². The maximum absolute atomic E-state index is 12.9. The number of benzene rings is 1. The Labute approximate surface area is 91.8 Å². The van der Waals surface area contributed by atoms with E-state index in [4.69, 9.17) is 0 Å². The molecule has 84 valence electrons. The number of piperidine rings is 1. The summed E-state index contributed by atoms with van der Waals surface area (Å²) in [5.74, 6) is -0.986. The van der Waals surface area contributed by atoms with Crippen LogP contribution in [0.3, 0.4) is 0 Å². The van der Waals surface area contributed by atoms with Gasteiger partial charge in [0.05, 0.1) is 0 Å². The number of amides is 2. The molecule has 1 aliphatic rings. The fourth-order valence-electron chi connectivity index (χ4n) is 1.61. The highest BCUT2D eigenvalue weighted by Gasteiger charge is 2.26. The number of halogens is 1. The first-order valence-corrected chi connectivity index (χ1v) is 5.01. The first kappa shape index (κ1) is 10.6. The monoisotopic (exact) mass is 222 g/mol. The number of carbonyl (C=O) groups is 2. The van der Waals surface area contributed by atoms with Crippen LogP contribution in [0, 0.1) is 5.82 Å². The summed E-state index contributed by atoms with van der Waals surface area (Å²) in [4.78, 5) is 22.3. The van der Waals surface area contributed by atoms with Gasteiger partial charge in [-0.05, 0) is 24.6 Å². The molecule has 0 spiro atoms. The number of carbonyl (C=O) groups excluding carboxylic acids is 2. The molecule has 0 saturated carbocycles. The van der Waals surface area contributed by atoms with Crippen LogP contribution in [0.1, 0.15) is 12.8 Å². The molecule has 1 unspecified atom stereocenters. The number of imide groups is 1. The molecule has 1 fully saturated rings. The van der Waals surface area contributed by atoms with Gasteiger partial charge in [0.15, 0.2) is 0 Å². The average Bonchev–Trinajstić information content (AvgIpc) is 2.22. The summed E-state index contributed by atoms with van der Waals surface area (Å²) in [6, 6.07) is 5.40. The molecule has 5 heteroatoms. The maximum atomic E-state index is 12.9. The Hall–Kier alpha value is -1.91. The van der Waals surface area contributed by atoms with Crippen LogP contribution in [-0.2, 0) is 9.59 Å². The molecule has 1 saturated heterocycles. The lowest BCUT2D eigenvalue weighted by atomic mass is 10.1. The molecular weight excluding hydrogens is 211 g/mol. The minimum Gasteiger partial charge on any atom is -0.374 e. The van der Waals surface area contributed by atoms with Gasteiger partial charge in [0, 0.05) is 12.1 Å². The third kappa shape index (κ3) is 2.36. The summed E-state index contributed by atoms with van der Waals surface area (Å²) >= 11 is 0. The molecule has 0 aliphatic carbocycles. The topological polar surface area (TPSA) is 58.2 Å². The zero-order valence-corrected chi connectivity index (χ0v) is 8.50. The third-order valence-electron chi connectivity index (χ3n) is 2.40. The summed E-state index contributed by atoms with van der Waals surface area (Å²) in [7, 11) is 0. The Bertz CT molecular complexity index is 434. The van der Waals surface area contributed by atoms with Crippen LogP contribution in [-0.4, -0.2) is 17.9 Å². The molecule has 2 rings (SSSR count). The van der Waals surface area contributed by atoms with Crippen molar-refractivity contribution in [2.24, 2.45) is 0 Å². The Morgan fingerprint density at radius 3 is 2.88 bits per heavy atom. The maximum Gasteiger partial charge on any atom is 0.249 e. The summed E-state index contributed by atoms with van der Waals surface area (Å²) in [6.07, 6.45) is 0.736. The van der Waals surface area contributed by atoms with E-state index in [0.717, 1.165) is 0 Å². The predicted octanol–water partition coefficient (Wildman–Crippen LogP) is 1.04. The van der Waals surface area contributed by atoms with Crippen LogP contribution >= 0.6 is 0 Å². The molecule has 1 atom stereocenters. The van der Waals surface area contributed by atoms with E-state index in [1.165, 1.54) is 12.1 Å². The van der Waals surface area contributed by atoms with Gasteiger partial charge in [-0.25, -0.2) is 4.39 Å². The van der Waals surface area contributed by atoms with Crippen molar-refractivity contribution in [3.63, 3.8) is 0 Å². The molecule has 1 aromatic carbocycles. The molecule has 4 nitrogen and oxygen atoms in total. The molecule has 0 aromatic heterocycles. The highest BCUT2D eigenvalue weighted by molar-refractivity contribution is 6.01. The van der Waals surface area contributed by atoms with Crippen LogP contribution in [0.4, 0.5) is 10.1 Å². The lowest BCUT2D eigenvalue weighted by Crippen LogP contribution is -2.47. The van der Waals surface area contributed by atoms with Crippen molar-refractivity contribution in [1.82, 2.24) is 5.32 Å². The fourth-order valence-corrected chi connectivity index (χ4v) is 1.61. The standard InChI is InChI=1S/C11H11FN2O2/c12-7-2-1-3-8(6-7)13-9-4-5-10(15)14-11(9)16/h1-3,6,9,13H,4-5H2,(H,14,15,16). The SMILES string of the molecule is O=C1CCC(Nc2cccc(F)c2)C(=O)N1. The smallest absolute Gasteiger partial charge is 0.249 e. The molecule has 0 bridgehead atoms. The Morgan fingerprint density at radius 2 is 2.19 bits per heavy atom. The van der Waals surface area contributed by atoms with E-state index < -0.39 is 6.04 Å². The molecule has 1 aromatic rings. The van der Waals surface area contributed by atoms with Gasteiger partial charge in [-0.3, -0.25) is 14.9 Å². The minimum atomic E-state index is -0.473. The number of rotatable bonds is 2. The van der Waals surface area contributed by atoms with Gasteiger partial charge in [0.1, 0.15) is 11.9 Å². The van der Waals surface area contributed by atoms with Gasteiger partial charge in [0.2, 0.25) is 11.8 Å². The summed E-state index contributed by atoms with van der Waals surface area (Å²) in [6.45, 7) is 0. The van der Waals surface area contributed by atoms with E-state index in [1.807, 2.05) is 0 Å². The van der Waals surface area contributed by atoms with Crippen molar-refractivity contribution in [3.05, 3.63) is 30.1 Å². The van der Waals surface area contributed by atoms with Crippen molar-refractivity contribution in [2.45, 2.75) is 18.9 Å². The van der Waals surface area contributed by atoms with Crippen molar-refractivity contribution in [1.29, 1.82) is 0 Å². The first-order valence-electron chi connectivity index (χ1n) is 5.01. The van der Waals surface area contributed by atoms with Crippen molar-refractivity contribution >= 4 is 17.5 Å².